The summed E-state index contributed by atoms with van der Waals surface area (Å²) in [4.78, 5) is 71.1. The highest BCUT2D eigenvalue weighted by Crippen LogP contribution is 2.28. The van der Waals surface area contributed by atoms with Crippen molar-refractivity contribution in [2.24, 2.45) is 0 Å². The summed E-state index contributed by atoms with van der Waals surface area (Å²) in [7, 11) is 1.57. The molecule has 0 fully saturated rings. The number of carboxylic acid groups (broad SMARTS) is 1. The lowest BCUT2D eigenvalue weighted by Crippen LogP contribution is -2.41. The molecular formula is C32H34N6O7. The SMILES string of the molecule is COCCCN(c1cccc(CNC(=O)c2cc(C(=O)NC3/C=C/C=C(C(=O)O)\C(C)=C\CC3)ncn2)c1)c1c(N)c(=O)c1=O. The summed E-state index contributed by atoms with van der Waals surface area (Å²) in [5.41, 5.74) is 6.67. The molecule has 13 heteroatoms. The lowest BCUT2D eigenvalue weighted by Gasteiger charge is -2.27. The van der Waals surface area contributed by atoms with Crippen LogP contribution in [-0.2, 0) is 16.1 Å². The number of carbonyl (C=O) groups is 3. The predicted molar refractivity (Wildman–Crippen MR) is 168 cm³/mol. The van der Waals surface area contributed by atoms with Crippen molar-refractivity contribution in [2.45, 2.75) is 38.8 Å². The molecule has 2 amide bonds. The summed E-state index contributed by atoms with van der Waals surface area (Å²) in [5.74, 6) is -2.07. The van der Waals surface area contributed by atoms with E-state index in [0.29, 0.717) is 49.2 Å². The quantitative estimate of drug-likeness (QED) is 0.172. The number of nitrogens with two attached hydrogens (primary N) is 1. The molecule has 45 heavy (non-hydrogen) atoms. The molecule has 1 aromatic heterocycles. The minimum atomic E-state index is -1.03. The monoisotopic (exact) mass is 614 g/mol. The lowest BCUT2D eigenvalue weighted by molar-refractivity contribution is -0.132. The fourth-order valence-electron chi connectivity index (χ4n) is 4.82. The molecule has 1 heterocycles. The van der Waals surface area contributed by atoms with Gasteiger partial charge in [-0.15, -0.1) is 0 Å². The number of carboxylic acids is 1. The number of benzene rings is 1. The van der Waals surface area contributed by atoms with E-state index in [1.807, 2.05) is 6.08 Å². The highest BCUT2D eigenvalue weighted by Gasteiger charge is 2.25. The Balaban J connectivity index is 1.42. The minimum absolute atomic E-state index is 0.00353. The van der Waals surface area contributed by atoms with Gasteiger partial charge < -0.3 is 31.1 Å². The maximum atomic E-state index is 13.0. The fraction of sp³-hybridized carbons (Fsp3) is 0.281. The van der Waals surface area contributed by atoms with Crippen molar-refractivity contribution >= 4 is 34.8 Å². The third-order valence-corrected chi connectivity index (χ3v) is 7.24. The highest BCUT2D eigenvalue weighted by atomic mass is 16.5. The maximum Gasteiger partial charge on any atom is 0.335 e. The molecule has 0 aliphatic heterocycles. The van der Waals surface area contributed by atoms with Crippen LogP contribution in [0.1, 0.15) is 52.7 Å². The van der Waals surface area contributed by atoms with Gasteiger partial charge in [-0.25, -0.2) is 14.8 Å². The molecule has 3 aromatic rings. The number of ether oxygens (including phenoxy) is 1. The van der Waals surface area contributed by atoms with Crippen LogP contribution in [0.2, 0.25) is 0 Å². The molecule has 4 rings (SSSR count). The molecule has 0 spiro atoms. The van der Waals surface area contributed by atoms with Crippen molar-refractivity contribution in [2.75, 3.05) is 30.9 Å². The summed E-state index contributed by atoms with van der Waals surface area (Å²) in [5, 5.41) is 15.0. The first kappa shape index (κ1) is 32.5. The molecule has 0 saturated heterocycles. The van der Waals surface area contributed by atoms with Gasteiger partial charge >= 0.3 is 5.97 Å². The van der Waals surface area contributed by atoms with Crippen molar-refractivity contribution in [3.8, 4) is 0 Å². The summed E-state index contributed by atoms with van der Waals surface area (Å²) in [6.07, 6.45) is 9.40. The molecule has 234 valence electrons. The predicted octanol–water partition coefficient (Wildman–Crippen LogP) is 2.17. The zero-order chi connectivity index (χ0) is 32.5. The van der Waals surface area contributed by atoms with Gasteiger partial charge in [0, 0.05) is 44.6 Å². The van der Waals surface area contributed by atoms with E-state index in [0.717, 1.165) is 6.33 Å². The number of nitrogens with zero attached hydrogens (tertiary/aromatic N) is 3. The van der Waals surface area contributed by atoms with E-state index in [4.69, 9.17) is 10.5 Å². The molecule has 0 saturated carbocycles. The Hall–Kier alpha value is -5.43. The van der Waals surface area contributed by atoms with E-state index in [9.17, 15) is 29.1 Å². The van der Waals surface area contributed by atoms with Gasteiger partial charge in [0.1, 0.15) is 29.1 Å². The number of methoxy groups -OCH3 is 1. The van der Waals surface area contributed by atoms with Gasteiger partial charge in [-0.05, 0) is 55.5 Å². The molecule has 2 aromatic carbocycles. The number of carbonyl (C=O) groups excluding carboxylic acids is 2. The van der Waals surface area contributed by atoms with Crippen molar-refractivity contribution < 1.29 is 24.2 Å². The van der Waals surface area contributed by atoms with Gasteiger partial charge in [0.2, 0.25) is 0 Å². The van der Waals surface area contributed by atoms with E-state index >= 15 is 0 Å². The zero-order valence-corrected chi connectivity index (χ0v) is 24.9. The molecule has 0 bridgehead atoms. The highest BCUT2D eigenvalue weighted by molar-refractivity contribution is 5.97. The number of rotatable bonds is 12. The van der Waals surface area contributed by atoms with Crippen molar-refractivity contribution in [3.63, 3.8) is 0 Å². The van der Waals surface area contributed by atoms with Crippen LogP contribution in [0, 0.1) is 0 Å². The Morgan fingerprint density at radius 3 is 2.58 bits per heavy atom. The largest absolute Gasteiger partial charge is 0.478 e. The Kier molecular flexibility index (Phi) is 10.7. The number of hydrogen-bond donors (Lipinski definition) is 4. The number of anilines is 3. The van der Waals surface area contributed by atoms with Gasteiger partial charge in [-0.3, -0.25) is 19.2 Å². The molecular weight excluding hydrogens is 580 g/mol. The van der Waals surface area contributed by atoms with Crippen LogP contribution < -0.4 is 32.1 Å². The van der Waals surface area contributed by atoms with E-state index in [1.54, 1.807) is 55.4 Å². The number of nitrogen functional groups attached to an aromatic ring is 1. The van der Waals surface area contributed by atoms with Crippen molar-refractivity contribution in [1.29, 1.82) is 0 Å². The molecule has 1 aliphatic carbocycles. The second-order valence-electron chi connectivity index (χ2n) is 10.4. The molecule has 1 aliphatic rings. The smallest absolute Gasteiger partial charge is 0.335 e. The third-order valence-electron chi connectivity index (χ3n) is 7.24. The van der Waals surface area contributed by atoms with E-state index in [2.05, 4.69) is 20.6 Å². The second kappa shape index (κ2) is 14.8. The first-order valence-corrected chi connectivity index (χ1v) is 14.2. The van der Waals surface area contributed by atoms with Crippen LogP contribution in [0.4, 0.5) is 17.1 Å². The summed E-state index contributed by atoms with van der Waals surface area (Å²) in [6, 6.07) is 8.00. The number of amides is 2. The number of hydrogen-bond acceptors (Lipinski definition) is 10. The number of aliphatic carboxylic acids is 1. The Labute approximate surface area is 258 Å². The molecule has 1 unspecified atom stereocenters. The topological polar surface area (TPSA) is 194 Å². The van der Waals surface area contributed by atoms with E-state index < -0.39 is 28.6 Å². The number of aromatic nitrogens is 2. The Bertz CT molecular complexity index is 1750. The van der Waals surface area contributed by atoms with Gasteiger partial charge in [0.05, 0.1) is 5.57 Å². The lowest BCUT2D eigenvalue weighted by atomic mass is 10.1. The summed E-state index contributed by atoms with van der Waals surface area (Å²) < 4.78 is 5.12. The van der Waals surface area contributed by atoms with Crippen LogP contribution in [0.3, 0.4) is 0 Å². The van der Waals surface area contributed by atoms with E-state index in [-0.39, 0.29) is 40.9 Å². The van der Waals surface area contributed by atoms with Gasteiger partial charge in [-0.2, -0.15) is 0 Å². The average molecular weight is 615 g/mol. The van der Waals surface area contributed by atoms with Crippen LogP contribution in [0.5, 0.6) is 0 Å². The first-order chi connectivity index (χ1) is 21.6. The van der Waals surface area contributed by atoms with Gasteiger partial charge in [-0.1, -0.05) is 30.4 Å². The minimum Gasteiger partial charge on any atom is -0.478 e. The van der Waals surface area contributed by atoms with Crippen LogP contribution in [-0.4, -0.2) is 59.2 Å². The first-order valence-electron chi connectivity index (χ1n) is 14.2. The molecule has 1 atom stereocenters. The Morgan fingerprint density at radius 2 is 1.87 bits per heavy atom. The van der Waals surface area contributed by atoms with Gasteiger partial charge in [0.15, 0.2) is 0 Å². The maximum absolute atomic E-state index is 13.0. The number of nitrogens with one attached hydrogen (secondary N) is 2. The number of allylic oxidation sites excluding steroid dienone is 3. The van der Waals surface area contributed by atoms with Crippen molar-refractivity contribution in [3.05, 3.63) is 110 Å². The molecule has 0 radical (unpaired) electrons. The summed E-state index contributed by atoms with van der Waals surface area (Å²) >= 11 is 0. The van der Waals surface area contributed by atoms with Crippen LogP contribution >= 0.6 is 0 Å². The third kappa shape index (κ3) is 7.95. The van der Waals surface area contributed by atoms with Crippen LogP contribution in [0.15, 0.2) is 81.7 Å². The van der Waals surface area contributed by atoms with Gasteiger partial charge in [0.25, 0.3) is 22.7 Å². The van der Waals surface area contributed by atoms with E-state index in [1.165, 1.54) is 12.1 Å². The second-order valence-corrected chi connectivity index (χ2v) is 10.4. The molecule has 5 N–H and O–H groups in total. The van der Waals surface area contributed by atoms with Crippen molar-refractivity contribution in [1.82, 2.24) is 20.6 Å². The summed E-state index contributed by atoms with van der Waals surface area (Å²) in [6.45, 7) is 2.67. The zero-order valence-electron chi connectivity index (χ0n) is 24.9. The average Bonchev–Trinajstić information content (AvgIpc) is 3.13. The Morgan fingerprint density at radius 1 is 1.11 bits per heavy atom. The standard InChI is InChI=1S/C32H34N6O7/c1-19-7-3-9-21(10-5-12-23(19)32(43)44)37-31(42)25-16-24(35-18-36-25)30(41)34-17-20-8-4-11-22(15-20)38(13-6-14-45-2)27-26(33)28(39)29(27)40/h4-5,7-8,10-12,15-16,18,21H,3,6,9,13-14,17,33H2,1-2H3,(H,34,41)(H,37,42)(H,43,44)/b10-5+,19-7+,23-12+. The van der Waals surface area contributed by atoms with Crippen LogP contribution in [0.25, 0.3) is 0 Å². The fourth-order valence-corrected chi connectivity index (χ4v) is 4.82. The molecule has 13 nitrogen and oxygen atoms in total. The normalized spacial score (nSPS) is 17.9.